The van der Waals surface area contributed by atoms with Gasteiger partial charge in [-0.15, -0.1) is 0 Å². The summed E-state index contributed by atoms with van der Waals surface area (Å²) in [7, 11) is 0. The van der Waals surface area contributed by atoms with Gasteiger partial charge in [0.1, 0.15) is 0 Å². The number of fused-ring (bicyclic) bond motifs is 1. The molecule has 2 unspecified atom stereocenters. The third-order valence-corrected chi connectivity index (χ3v) is 8.63. The number of rotatable bonds is 6. The van der Waals surface area contributed by atoms with Crippen molar-refractivity contribution in [2.75, 3.05) is 0 Å². The van der Waals surface area contributed by atoms with E-state index in [0.29, 0.717) is 17.8 Å². The van der Waals surface area contributed by atoms with Crippen molar-refractivity contribution in [3.8, 4) is 0 Å². The Kier molecular flexibility index (Phi) is 7.24. The Bertz CT molecular complexity index is 623. The lowest BCUT2D eigenvalue weighted by molar-refractivity contribution is 0.0656. The minimum atomic E-state index is -0.534. The van der Waals surface area contributed by atoms with Gasteiger partial charge in [0.25, 0.3) is 0 Å². The topological polar surface area (TPSA) is 20.2 Å². The fraction of sp³-hybridized carbons (Fsp3) is 0.769. The summed E-state index contributed by atoms with van der Waals surface area (Å²) in [4.78, 5) is 0. The summed E-state index contributed by atoms with van der Waals surface area (Å²) >= 11 is 5.39. The fourth-order valence-electron chi connectivity index (χ4n) is 6.16. The molecule has 1 N–H and O–H groups in total. The van der Waals surface area contributed by atoms with Crippen LogP contribution in [0.1, 0.15) is 97.8 Å². The van der Waals surface area contributed by atoms with Crippen LogP contribution in [0.15, 0.2) is 35.5 Å². The van der Waals surface area contributed by atoms with Gasteiger partial charge in [0.05, 0.1) is 5.60 Å². The zero-order chi connectivity index (χ0) is 20.4. The normalized spacial score (nSPS) is 35.4. The summed E-state index contributed by atoms with van der Waals surface area (Å²) in [6, 6.07) is 0. The van der Waals surface area contributed by atoms with Gasteiger partial charge in [-0.2, -0.15) is 12.6 Å². The minimum absolute atomic E-state index is 0.181. The van der Waals surface area contributed by atoms with Gasteiger partial charge in [0.15, 0.2) is 0 Å². The molecule has 3 aliphatic carbocycles. The molecule has 3 rings (SSSR count). The molecule has 3 saturated carbocycles. The van der Waals surface area contributed by atoms with Crippen LogP contribution in [0.5, 0.6) is 0 Å². The molecule has 0 spiro atoms. The van der Waals surface area contributed by atoms with Gasteiger partial charge < -0.3 is 5.11 Å². The van der Waals surface area contributed by atoms with Crippen molar-refractivity contribution in [2.24, 2.45) is 17.8 Å². The molecule has 0 radical (unpaired) electrons. The molecule has 0 aromatic rings. The van der Waals surface area contributed by atoms with Crippen molar-refractivity contribution in [2.45, 2.75) is 108 Å². The summed E-state index contributed by atoms with van der Waals surface area (Å²) < 4.78 is 0.181. The van der Waals surface area contributed by atoms with Crippen LogP contribution < -0.4 is 0 Å². The third kappa shape index (κ3) is 5.17. The van der Waals surface area contributed by atoms with Gasteiger partial charge in [0.2, 0.25) is 0 Å². The van der Waals surface area contributed by atoms with Crippen molar-refractivity contribution < 1.29 is 5.11 Å². The molecule has 0 saturated heterocycles. The number of allylic oxidation sites excluding steroid dienone is 5. The average molecular weight is 403 g/mol. The Balaban J connectivity index is 1.67. The van der Waals surface area contributed by atoms with Gasteiger partial charge in [-0.25, -0.2) is 0 Å². The van der Waals surface area contributed by atoms with Crippen molar-refractivity contribution in [3.05, 3.63) is 35.5 Å². The maximum absolute atomic E-state index is 10.0. The Labute approximate surface area is 179 Å². The van der Waals surface area contributed by atoms with E-state index in [1.165, 1.54) is 75.4 Å². The standard InChI is InChI=1S/C26H42OS/c1-19-9-5-6-11-21(19)13-14-22-12-8-18-26(28)23(15-16-24(22)26)20(2)10-7-17-25(3,4)27/h13-14,20,23-24,27-28H,1,5-12,15-18H2,2-4H3/b21-13-,22-14+/t20-,23?,24?,26+/m1/s1. The monoisotopic (exact) mass is 402 g/mol. The summed E-state index contributed by atoms with van der Waals surface area (Å²) in [5.74, 6) is 2.06. The van der Waals surface area contributed by atoms with Crippen LogP contribution in [0.3, 0.4) is 0 Å². The van der Waals surface area contributed by atoms with E-state index in [4.69, 9.17) is 12.6 Å². The summed E-state index contributed by atoms with van der Waals surface area (Å²) in [5.41, 5.74) is 3.97. The summed E-state index contributed by atoms with van der Waals surface area (Å²) in [5, 5.41) is 10.0. The van der Waals surface area contributed by atoms with Gasteiger partial charge in [0, 0.05) is 4.75 Å². The molecule has 4 atom stereocenters. The molecule has 28 heavy (non-hydrogen) atoms. The lowest BCUT2D eigenvalue weighted by atomic mass is 9.70. The van der Waals surface area contributed by atoms with E-state index < -0.39 is 5.60 Å². The van der Waals surface area contributed by atoms with Gasteiger partial charge in [-0.1, -0.05) is 49.6 Å². The lowest BCUT2D eigenvalue weighted by Gasteiger charge is -2.43. The molecule has 2 heteroatoms. The molecule has 0 amide bonds. The number of aliphatic hydroxyl groups is 1. The van der Waals surface area contributed by atoms with E-state index in [0.717, 1.165) is 12.8 Å². The molecule has 158 valence electrons. The first-order valence-corrected chi connectivity index (χ1v) is 12.2. The molecule has 0 aromatic carbocycles. The van der Waals surface area contributed by atoms with E-state index in [1.54, 1.807) is 5.57 Å². The van der Waals surface area contributed by atoms with Gasteiger partial charge in [-0.3, -0.25) is 0 Å². The van der Waals surface area contributed by atoms with Crippen LogP contribution in [0.2, 0.25) is 0 Å². The lowest BCUT2D eigenvalue weighted by Crippen LogP contribution is -2.40. The van der Waals surface area contributed by atoms with Gasteiger partial charge in [-0.05, 0) is 101 Å². The van der Waals surface area contributed by atoms with E-state index >= 15 is 0 Å². The average Bonchev–Trinajstić information content (AvgIpc) is 2.97. The Hall–Kier alpha value is -0.470. The van der Waals surface area contributed by atoms with Crippen molar-refractivity contribution in [3.63, 3.8) is 0 Å². The molecule has 3 fully saturated rings. The molecule has 0 aliphatic heterocycles. The quantitative estimate of drug-likeness (QED) is 0.443. The van der Waals surface area contributed by atoms with E-state index in [-0.39, 0.29) is 4.75 Å². The predicted molar refractivity (Wildman–Crippen MR) is 125 cm³/mol. The Morgan fingerprint density at radius 1 is 1.18 bits per heavy atom. The van der Waals surface area contributed by atoms with E-state index in [2.05, 4.69) is 25.7 Å². The molecule has 0 aromatic heterocycles. The second-order valence-electron chi connectivity index (χ2n) is 10.5. The second-order valence-corrected chi connectivity index (χ2v) is 11.3. The number of thiol groups is 1. The fourth-order valence-corrected chi connectivity index (χ4v) is 6.99. The van der Waals surface area contributed by atoms with Crippen molar-refractivity contribution in [1.29, 1.82) is 0 Å². The Morgan fingerprint density at radius 2 is 1.93 bits per heavy atom. The first-order valence-electron chi connectivity index (χ1n) is 11.7. The van der Waals surface area contributed by atoms with Crippen LogP contribution in [0, 0.1) is 17.8 Å². The summed E-state index contributed by atoms with van der Waals surface area (Å²) in [6.45, 7) is 10.6. The highest BCUT2D eigenvalue weighted by molar-refractivity contribution is 7.81. The van der Waals surface area contributed by atoms with Crippen LogP contribution in [-0.4, -0.2) is 15.5 Å². The van der Waals surface area contributed by atoms with Crippen molar-refractivity contribution >= 4 is 12.6 Å². The SMILES string of the molecule is C=C1CCCC/C1=C/C=C1\CCC[C@@]2(S)C1CCC2[C@H](C)CCCC(C)(C)O. The van der Waals surface area contributed by atoms with Crippen LogP contribution in [-0.2, 0) is 0 Å². The molecular formula is C26H42OS. The molecule has 3 aliphatic rings. The van der Waals surface area contributed by atoms with Gasteiger partial charge >= 0.3 is 0 Å². The van der Waals surface area contributed by atoms with Crippen LogP contribution in [0.25, 0.3) is 0 Å². The van der Waals surface area contributed by atoms with Crippen LogP contribution >= 0.6 is 12.6 Å². The summed E-state index contributed by atoms with van der Waals surface area (Å²) in [6.07, 6.45) is 19.5. The maximum Gasteiger partial charge on any atom is 0.0591 e. The number of hydrogen-bond donors (Lipinski definition) is 2. The first-order chi connectivity index (χ1) is 13.2. The Morgan fingerprint density at radius 3 is 2.64 bits per heavy atom. The second kappa shape index (κ2) is 9.13. The zero-order valence-corrected chi connectivity index (χ0v) is 19.4. The maximum atomic E-state index is 10.0. The van der Waals surface area contributed by atoms with E-state index in [9.17, 15) is 5.11 Å². The predicted octanol–water partition coefficient (Wildman–Crippen LogP) is 7.43. The molecule has 0 bridgehead atoms. The molecule has 1 nitrogen and oxygen atoms in total. The van der Waals surface area contributed by atoms with E-state index in [1.807, 2.05) is 13.8 Å². The van der Waals surface area contributed by atoms with Crippen molar-refractivity contribution in [1.82, 2.24) is 0 Å². The smallest absolute Gasteiger partial charge is 0.0591 e. The van der Waals surface area contributed by atoms with Crippen LogP contribution in [0.4, 0.5) is 0 Å². The molecule has 0 heterocycles. The number of hydrogen-bond acceptors (Lipinski definition) is 2. The highest BCUT2D eigenvalue weighted by Gasteiger charge is 2.51. The largest absolute Gasteiger partial charge is 0.390 e. The highest BCUT2D eigenvalue weighted by Crippen LogP contribution is 2.57. The first kappa shape index (κ1) is 22.2. The molecular weight excluding hydrogens is 360 g/mol. The zero-order valence-electron chi connectivity index (χ0n) is 18.5. The third-order valence-electron chi connectivity index (χ3n) is 7.76. The highest BCUT2D eigenvalue weighted by atomic mass is 32.1. The minimum Gasteiger partial charge on any atom is -0.390 e.